The Balaban J connectivity index is 1.14. The normalized spacial score (nSPS) is 24.7. The zero-order valence-corrected chi connectivity index (χ0v) is 27.2. The van der Waals surface area contributed by atoms with Crippen LogP contribution in [0.1, 0.15) is 72.1 Å². The minimum absolute atomic E-state index is 0.0664. The number of nitrogens with zero attached hydrogens (tertiary/aromatic N) is 3. The van der Waals surface area contributed by atoms with Crippen LogP contribution in [0.2, 0.25) is 0 Å². The fourth-order valence-corrected chi connectivity index (χ4v) is 8.34. The summed E-state index contributed by atoms with van der Waals surface area (Å²) in [6, 6.07) is 18.7. The molecule has 4 aromatic rings. The third-order valence-electron chi connectivity index (χ3n) is 10.9. The first-order valence-corrected chi connectivity index (χ1v) is 17.3. The van der Waals surface area contributed by atoms with Crippen LogP contribution in [0.25, 0.3) is 10.9 Å². The molecule has 2 amide bonds. The second-order valence-electron chi connectivity index (χ2n) is 13.9. The van der Waals surface area contributed by atoms with Crippen LogP contribution < -0.4 is 10.6 Å². The number of piperidine rings is 1. The van der Waals surface area contributed by atoms with Gasteiger partial charge in [0.25, 0.3) is 5.91 Å². The Hall–Kier alpha value is -4.28. The van der Waals surface area contributed by atoms with Gasteiger partial charge >= 0.3 is 0 Å². The smallest absolute Gasteiger partial charge is 0.257 e. The Labute approximate surface area is 279 Å². The maximum Gasteiger partial charge on any atom is 0.257 e. The van der Waals surface area contributed by atoms with Gasteiger partial charge in [-0.2, -0.15) is 5.10 Å². The van der Waals surface area contributed by atoms with Gasteiger partial charge in [-0.1, -0.05) is 30.7 Å². The molecule has 4 fully saturated rings. The van der Waals surface area contributed by atoms with E-state index in [4.69, 9.17) is 9.47 Å². The lowest BCUT2D eigenvalue weighted by atomic mass is 9.76. The van der Waals surface area contributed by atoms with Crippen molar-refractivity contribution in [3.63, 3.8) is 0 Å². The Kier molecular flexibility index (Phi) is 8.38. The van der Waals surface area contributed by atoms with Crippen molar-refractivity contribution in [3.8, 4) is 0 Å². The number of halogens is 1. The summed E-state index contributed by atoms with van der Waals surface area (Å²) in [5, 5.41) is 12.3. The van der Waals surface area contributed by atoms with E-state index in [1.165, 1.54) is 6.07 Å². The van der Waals surface area contributed by atoms with Crippen LogP contribution in [0.4, 0.5) is 15.8 Å². The molecule has 1 saturated carbocycles. The Morgan fingerprint density at radius 3 is 2.48 bits per heavy atom. The number of rotatable bonds is 7. The van der Waals surface area contributed by atoms with Crippen molar-refractivity contribution in [2.45, 2.75) is 69.6 Å². The van der Waals surface area contributed by atoms with Crippen LogP contribution in [0, 0.1) is 24.6 Å². The zero-order chi connectivity index (χ0) is 32.8. The van der Waals surface area contributed by atoms with Crippen LogP contribution in [-0.2, 0) is 14.3 Å². The van der Waals surface area contributed by atoms with Gasteiger partial charge in [0.2, 0.25) is 5.91 Å². The summed E-state index contributed by atoms with van der Waals surface area (Å²) < 4.78 is 28.3. The highest BCUT2D eigenvalue weighted by Gasteiger charge is 2.50. The van der Waals surface area contributed by atoms with Gasteiger partial charge in [0.05, 0.1) is 48.5 Å². The predicted molar refractivity (Wildman–Crippen MR) is 181 cm³/mol. The molecule has 4 aliphatic rings. The molecule has 4 atom stereocenters. The fourth-order valence-electron chi connectivity index (χ4n) is 8.34. The molecule has 0 spiro atoms. The average molecular weight is 652 g/mol. The van der Waals surface area contributed by atoms with Gasteiger partial charge in [0.15, 0.2) is 0 Å². The number of fused-ring (bicyclic) bond motifs is 2. The number of amides is 2. The van der Waals surface area contributed by atoms with E-state index in [9.17, 15) is 9.59 Å². The lowest BCUT2D eigenvalue weighted by Gasteiger charge is -2.48. The number of anilines is 2. The first-order valence-electron chi connectivity index (χ1n) is 17.3. The van der Waals surface area contributed by atoms with E-state index in [-0.39, 0.29) is 35.4 Å². The van der Waals surface area contributed by atoms with Crippen LogP contribution in [0.15, 0.2) is 66.9 Å². The molecular weight excluding hydrogens is 609 g/mol. The molecule has 48 heavy (non-hydrogen) atoms. The lowest BCUT2D eigenvalue weighted by Crippen LogP contribution is -2.54. The molecule has 3 unspecified atom stereocenters. The zero-order valence-electron chi connectivity index (χ0n) is 27.2. The Bertz CT molecular complexity index is 1800. The second-order valence-corrected chi connectivity index (χ2v) is 13.9. The molecule has 3 aromatic carbocycles. The summed E-state index contributed by atoms with van der Waals surface area (Å²) in [7, 11) is 0. The van der Waals surface area contributed by atoms with E-state index in [1.807, 2.05) is 58.2 Å². The summed E-state index contributed by atoms with van der Waals surface area (Å²) in [6.07, 6.45) is 7.12. The van der Waals surface area contributed by atoms with E-state index < -0.39 is 17.8 Å². The Morgan fingerprint density at radius 2 is 1.73 bits per heavy atom. The lowest BCUT2D eigenvalue weighted by molar-refractivity contribution is -0.125. The first kappa shape index (κ1) is 31.0. The minimum atomic E-state index is -0.557. The number of ether oxygens (including phenoxy) is 2. The molecule has 4 heterocycles. The second kappa shape index (κ2) is 13.0. The SMILES string of the molecule is Cc1cccc(F)c1C(=O)N1C2CCCC2CC(C(=O)Nc2ccc3c(cnn3C3COC3)c2)[C@@H]1c1ccc(NC2CCOCC2)cc1. The highest BCUT2D eigenvalue weighted by Crippen LogP contribution is 2.49. The number of nitrogens with one attached hydrogen (secondary N) is 2. The van der Waals surface area contributed by atoms with Crippen molar-refractivity contribution in [1.82, 2.24) is 14.7 Å². The molecule has 2 N–H and O–H groups in total. The largest absolute Gasteiger partial charge is 0.382 e. The van der Waals surface area contributed by atoms with Crippen molar-refractivity contribution >= 4 is 34.1 Å². The van der Waals surface area contributed by atoms with Crippen LogP contribution >= 0.6 is 0 Å². The fraction of sp³-hybridized carbons (Fsp3) is 0.447. The molecule has 0 bridgehead atoms. The number of carbonyl (C=O) groups is 2. The monoisotopic (exact) mass is 651 g/mol. The third kappa shape index (κ3) is 5.75. The summed E-state index contributed by atoms with van der Waals surface area (Å²) in [5.74, 6) is -1.38. The number of benzene rings is 3. The molecular formula is C38H42FN5O4. The van der Waals surface area contributed by atoms with E-state index in [1.54, 1.807) is 19.1 Å². The summed E-state index contributed by atoms with van der Waals surface area (Å²) >= 11 is 0. The first-order chi connectivity index (χ1) is 23.4. The predicted octanol–water partition coefficient (Wildman–Crippen LogP) is 6.66. The molecule has 9 nitrogen and oxygen atoms in total. The van der Waals surface area contributed by atoms with E-state index in [0.29, 0.717) is 36.9 Å². The van der Waals surface area contributed by atoms with Gasteiger partial charge in [0.1, 0.15) is 5.82 Å². The third-order valence-corrected chi connectivity index (χ3v) is 10.9. The number of aryl methyl sites for hydroxylation is 1. The van der Waals surface area contributed by atoms with Crippen molar-refractivity contribution in [2.24, 2.45) is 11.8 Å². The Morgan fingerprint density at radius 1 is 0.938 bits per heavy atom. The van der Waals surface area contributed by atoms with E-state index in [0.717, 1.165) is 67.5 Å². The maximum atomic E-state index is 15.4. The molecule has 250 valence electrons. The molecule has 3 saturated heterocycles. The number of hydrogen-bond acceptors (Lipinski definition) is 6. The van der Waals surface area contributed by atoms with Crippen LogP contribution in [0.5, 0.6) is 0 Å². The van der Waals surface area contributed by atoms with Gasteiger partial charge in [0, 0.05) is 42.1 Å². The highest BCUT2D eigenvalue weighted by molar-refractivity contribution is 5.99. The van der Waals surface area contributed by atoms with Crippen molar-refractivity contribution in [2.75, 3.05) is 37.1 Å². The number of hydrogen-bond donors (Lipinski definition) is 2. The van der Waals surface area contributed by atoms with Crippen molar-refractivity contribution in [1.29, 1.82) is 0 Å². The molecule has 10 heteroatoms. The van der Waals surface area contributed by atoms with Crippen LogP contribution in [-0.4, -0.2) is 65.0 Å². The quantitative estimate of drug-likeness (QED) is 0.232. The topological polar surface area (TPSA) is 97.7 Å². The number of likely N-dealkylation sites (tertiary alicyclic amines) is 1. The van der Waals surface area contributed by atoms with Gasteiger partial charge < -0.3 is 25.0 Å². The summed E-state index contributed by atoms with van der Waals surface area (Å²) in [5.41, 5.74) is 4.23. The average Bonchev–Trinajstić information content (AvgIpc) is 3.71. The van der Waals surface area contributed by atoms with E-state index >= 15 is 4.39 Å². The number of carbonyl (C=O) groups excluding carboxylic acids is 2. The summed E-state index contributed by atoms with van der Waals surface area (Å²) in [4.78, 5) is 30.9. The molecule has 1 aliphatic carbocycles. The molecule has 8 rings (SSSR count). The number of aromatic nitrogens is 2. The van der Waals surface area contributed by atoms with Crippen LogP contribution in [0.3, 0.4) is 0 Å². The molecule has 0 radical (unpaired) electrons. The van der Waals surface area contributed by atoms with E-state index in [2.05, 4.69) is 15.7 Å². The van der Waals surface area contributed by atoms with Crippen molar-refractivity contribution in [3.05, 3.63) is 89.4 Å². The molecule has 3 aliphatic heterocycles. The minimum Gasteiger partial charge on any atom is -0.382 e. The van der Waals surface area contributed by atoms with Crippen molar-refractivity contribution < 1.29 is 23.5 Å². The summed E-state index contributed by atoms with van der Waals surface area (Å²) in [6.45, 7) is 4.56. The van der Waals surface area contributed by atoms with Gasteiger partial charge in [-0.15, -0.1) is 0 Å². The maximum absolute atomic E-state index is 15.4. The van der Waals surface area contributed by atoms with Gasteiger partial charge in [-0.3, -0.25) is 14.3 Å². The molecule has 1 aromatic heterocycles. The highest BCUT2D eigenvalue weighted by atomic mass is 19.1. The standard InChI is InChI=1S/C38H42FN5O4/c1-23-4-2-6-32(39)35(23)38(46)43-33-7-3-5-25(33)19-31(36(43)24-8-10-27(11-9-24)41-28-14-16-47-17-15-28)37(45)42-29-12-13-34-26(18-29)20-40-44(34)30-21-48-22-30/h2,4,6,8-13,18,20,25,28,30-31,33,36,41H,3,5,7,14-17,19,21-22H2,1H3,(H,42,45)/t25?,31?,33?,36-/m0/s1. The van der Waals surface area contributed by atoms with Gasteiger partial charge in [-0.05, 0) is 92.5 Å². The van der Waals surface area contributed by atoms with Gasteiger partial charge in [-0.25, -0.2) is 4.39 Å².